The van der Waals surface area contributed by atoms with Crippen molar-refractivity contribution >= 4 is 11.4 Å². The molecule has 0 amide bonds. The molecule has 0 aromatic heterocycles. The zero-order valence-corrected chi connectivity index (χ0v) is 10.8. The molecule has 3 rings (SSSR count). The van der Waals surface area contributed by atoms with Crippen LogP contribution in [0.15, 0.2) is 36.4 Å². The van der Waals surface area contributed by atoms with Crippen LogP contribution in [0, 0.1) is 15.9 Å². The smallest absolute Gasteiger partial charge is 0.327 e. The molecule has 2 aromatic rings. The fraction of sp³-hybridized carbons (Fsp3) is 0.143. The molecule has 7 heteroatoms. The van der Waals surface area contributed by atoms with Crippen LogP contribution >= 0.6 is 0 Å². The van der Waals surface area contributed by atoms with Gasteiger partial charge in [0, 0.05) is 6.54 Å². The summed E-state index contributed by atoms with van der Waals surface area (Å²) >= 11 is 0. The summed E-state index contributed by atoms with van der Waals surface area (Å²) in [5.74, 6) is 0.425. The van der Waals surface area contributed by atoms with Crippen molar-refractivity contribution in [3.8, 4) is 11.5 Å². The van der Waals surface area contributed by atoms with E-state index in [1.165, 1.54) is 12.1 Å². The van der Waals surface area contributed by atoms with E-state index in [0.717, 1.165) is 11.6 Å². The van der Waals surface area contributed by atoms with Gasteiger partial charge in [-0.25, -0.2) is 0 Å². The molecule has 0 fully saturated rings. The Morgan fingerprint density at radius 2 is 2.05 bits per heavy atom. The number of anilines is 1. The van der Waals surface area contributed by atoms with E-state index in [1.807, 2.05) is 6.07 Å². The average Bonchev–Trinajstić information content (AvgIpc) is 2.92. The van der Waals surface area contributed by atoms with E-state index < -0.39 is 16.4 Å². The summed E-state index contributed by atoms with van der Waals surface area (Å²) in [5, 5.41) is 13.8. The molecule has 108 valence electrons. The number of fused-ring (bicyclic) bond motifs is 1. The third kappa shape index (κ3) is 2.58. The Bertz CT molecular complexity index is 705. The third-order valence-electron chi connectivity index (χ3n) is 3.09. The summed E-state index contributed by atoms with van der Waals surface area (Å²) in [6.07, 6.45) is 0. The normalized spacial score (nSPS) is 12.2. The van der Waals surface area contributed by atoms with Gasteiger partial charge in [-0.1, -0.05) is 12.1 Å². The lowest BCUT2D eigenvalue weighted by atomic mass is 10.2. The van der Waals surface area contributed by atoms with Crippen molar-refractivity contribution in [3.63, 3.8) is 0 Å². The molecular formula is C14H11FN2O4. The van der Waals surface area contributed by atoms with Crippen LogP contribution in [-0.4, -0.2) is 11.7 Å². The van der Waals surface area contributed by atoms with Crippen molar-refractivity contribution in [2.75, 3.05) is 12.1 Å². The van der Waals surface area contributed by atoms with Gasteiger partial charge < -0.3 is 14.8 Å². The Balaban J connectivity index is 1.79. The molecule has 0 bridgehead atoms. The largest absolute Gasteiger partial charge is 0.454 e. The lowest BCUT2D eigenvalue weighted by molar-refractivity contribution is -0.386. The lowest BCUT2D eigenvalue weighted by Crippen LogP contribution is -2.04. The SMILES string of the molecule is O=[N+]([O-])c1c(F)cccc1NCc1ccc2c(c1)OCO2. The van der Waals surface area contributed by atoms with Crippen LogP contribution < -0.4 is 14.8 Å². The maximum atomic E-state index is 13.5. The van der Waals surface area contributed by atoms with Crippen LogP contribution in [0.25, 0.3) is 0 Å². The first-order valence-corrected chi connectivity index (χ1v) is 6.20. The van der Waals surface area contributed by atoms with E-state index in [4.69, 9.17) is 9.47 Å². The number of nitrogens with zero attached hydrogens (tertiary/aromatic N) is 1. The van der Waals surface area contributed by atoms with Crippen LogP contribution in [0.3, 0.4) is 0 Å². The van der Waals surface area contributed by atoms with E-state index >= 15 is 0 Å². The number of rotatable bonds is 4. The number of para-hydroxylation sites is 1. The van der Waals surface area contributed by atoms with Crippen molar-refractivity contribution in [1.29, 1.82) is 0 Å². The van der Waals surface area contributed by atoms with Gasteiger partial charge >= 0.3 is 5.69 Å². The maximum Gasteiger partial charge on any atom is 0.327 e. The predicted molar refractivity (Wildman–Crippen MR) is 72.9 cm³/mol. The highest BCUT2D eigenvalue weighted by molar-refractivity contribution is 5.62. The van der Waals surface area contributed by atoms with E-state index in [1.54, 1.807) is 12.1 Å². The fourth-order valence-corrected chi connectivity index (χ4v) is 2.09. The Hall–Kier alpha value is -2.83. The Morgan fingerprint density at radius 3 is 2.86 bits per heavy atom. The number of nitro groups is 1. The quantitative estimate of drug-likeness (QED) is 0.692. The molecule has 2 aromatic carbocycles. The van der Waals surface area contributed by atoms with Gasteiger partial charge in [-0.3, -0.25) is 10.1 Å². The number of nitro benzene ring substituents is 1. The van der Waals surface area contributed by atoms with Crippen molar-refractivity contribution in [1.82, 2.24) is 0 Å². The summed E-state index contributed by atoms with van der Waals surface area (Å²) in [5.41, 5.74) is 0.425. The van der Waals surface area contributed by atoms with E-state index in [9.17, 15) is 14.5 Å². The number of halogens is 1. The van der Waals surface area contributed by atoms with E-state index in [-0.39, 0.29) is 12.5 Å². The molecule has 0 saturated heterocycles. The molecule has 0 radical (unpaired) electrons. The van der Waals surface area contributed by atoms with Crippen molar-refractivity contribution in [2.24, 2.45) is 0 Å². The van der Waals surface area contributed by atoms with E-state index in [0.29, 0.717) is 18.0 Å². The Kier molecular flexibility index (Phi) is 3.31. The van der Waals surface area contributed by atoms with Crippen molar-refractivity contribution in [3.05, 3.63) is 57.9 Å². The minimum Gasteiger partial charge on any atom is -0.454 e. The van der Waals surface area contributed by atoms with Crippen LogP contribution in [0.2, 0.25) is 0 Å². The minimum atomic E-state index is -0.865. The van der Waals surface area contributed by atoms with Gasteiger partial charge in [0.05, 0.1) is 4.92 Å². The summed E-state index contributed by atoms with van der Waals surface area (Å²) in [6, 6.07) is 9.30. The van der Waals surface area contributed by atoms with Gasteiger partial charge in [0.25, 0.3) is 0 Å². The number of hydrogen-bond donors (Lipinski definition) is 1. The van der Waals surface area contributed by atoms with Crippen molar-refractivity contribution in [2.45, 2.75) is 6.54 Å². The number of ether oxygens (including phenoxy) is 2. The standard InChI is InChI=1S/C14H11FN2O4/c15-10-2-1-3-11(14(10)17(18)19)16-7-9-4-5-12-13(6-9)21-8-20-12/h1-6,16H,7-8H2. The van der Waals surface area contributed by atoms with Gasteiger partial charge in [0.1, 0.15) is 5.69 Å². The maximum absolute atomic E-state index is 13.5. The summed E-state index contributed by atoms with van der Waals surface area (Å²) in [4.78, 5) is 10.2. The highest BCUT2D eigenvalue weighted by Crippen LogP contribution is 2.33. The highest BCUT2D eigenvalue weighted by atomic mass is 19.1. The molecule has 0 unspecified atom stereocenters. The Morgan fingerprint density at radius 1 is 1.24 bits per heavy atom. The van der Waals surface area contributed by atoms with Gasteiger partial charge in [-0.15, -0.1) is 0 Å². The number of benzene rings is 2. The topological polar surface area (TPSA) is 73.6 Å². The van der Waals surface area contributed by atoms with Gasteiger partial charge in [-0.2, -0.15) is 4.39 Å². The zero-order valence-electron chi connectivity index (χ0n) is 10.8. The molecule has 21 heavy (non-hydrogen) atoms. The first-order chi connectivity index (χ1) is 10.1. The predicted octanol–water partition coefficient (Wildman–Crippen LogP) is 3.07. The molecule has 1 aliphatic heterocycles. The first kappa shape index (κ1) is 13.2. The Labute approximate surface area is 119 Å². The van der Waals surface area contributed by atoms with Crippen LogP contribution in [0.4, 0.5) is 15.8 Å². The third-order valence-corrected chi connectivity index (χ3v) is 3.09. The molecular weight excluding hydrogens is 279 g/mol. The second-order valence-corrected chi connectivity index (χ2v) is 4.43. The second kappa shape index (κ2) is 5.28. The molecule has 1 aliphatic rings. The molecule has 1 heterocycles. The summed E-state index contributed by atoms with van der Waals surface area (Å²) < 4.78 is 23.9. The van der Waals surface area contributed by atoms with Crippen molar-refractivity contribution < 1.29 is 18.8 Å². The molecule has 0 aliphatic carbocycles. The zero-order chi connectivity index (χ0) is 14.8. The average molecular weight is 290 g/mol. The molecule has 0 saturated carbocycles. The van der Waals surface area contributed by atoms with Crippen LogP contribution in [-0.2, 0) is 6.54 Å². The molecule has 1 N–H and O–H groups in total. The first-order valence-electron chi connectivity index (χ1n) is 6.20. The summed E-state index contributed by atoms with van der Waals surface area (Å²) in [6.45, 7) is 0.489. The van der Waals surface area contributed by atoms with Crippen LogP contribution in [0.1, 0.15) is 5.56 Å². The lowest BCUT2D eigenvalue weighted by Gasteiger charge is -2.08. The minimum absolute atomic E-state index is 0.137. The van der Waals surface area contributed by atoms with Gasteiger partial charge in [0.15, 0.2) is 11.5 Å². The summed E-state index contributed by atoms with van der Waals surface area (Å²) in [7, 11) is 0. The van der Waals surface area contributed by atoms with Gasteiger partial charge in [0.2, 0.25) is 12.6 Å². The van der Waals surface area contributed by atoms with Crippen LogP contribution in [0.5, 0.6) is 11.5 Å². The monoisotopic (exact) mass is 290 g/mol. The number of hydrogen-bond acceptors (Lipinski definition) is 5. The molecule has 0 spiro atoms. The molecule has 6 nitrogen and oxygen atoms in total. The van der Waals surface area contributed by atoms with E-state index in [2.05, 4.69) is 5.32 Å². The number of nitrogens with one attached hydrogen (secondary N) is 1. The molecule has 0 atom stereocenters. The fourth-order valence-electron chi connectivity index (χ4n) is 2.09. The van der Waals surface area contributed by atoms with Gasteiger partial charge in [-0.05, 0) is 29.8 Å². The highest BCUT2D eigenvalue weighted by Gasteiger charge is 2.19. The second-order valence-electron chi connectivity index (χ2n) is 4.43.